The van der Waals surface area contributed by atoms with Crippen molar-refractivity contribution in [1.82, 2.24) is 10.2 Å². The summed E-state index contributed by atoms with van der Waals surface area (Å²) in [7, 11) is 0. The highest BCUT2D eigenvalue weighted by Crippen LogP contribution is 2.32. The molecule has 0 unspecified atom stereocenters. The van der Waals surface area contributed by atoms with E-state index in [0.717, 1.165) is 42.0 Å². The molecule has 152 valence electrons. The lowest BCUT2D eigenvalue weighted by molar-refractivity contribution is -0.142. The fourth-order valence-electron chi connectivity index (χ4n) is 2.13. The lowest BCUT2D eigenvalue weighted by Gasteiger charge is -2.11. The average Bonchev–Trinajstić information content (AvgIpc) is 3.08. The molecule has 0 spiro atoms. The first-order valence-electron chi connectivity index (χ1n) is 8.40. The number of nitrogens with one attached hydrogen (secondary N) is 1. The van der Waals surface area contributed by atoms with E-state index < -0.39 is 22.9 Å². The summed E-state index contributed by atoms with van der Waals surface area (Å²) in [5.74, 6) is -0.934. The van der Waals surface area contributed by atoms with E-state index in [-0.39, 0.29) is 23.3 Å². The number of benzene rings is 1. The highest BCUT2D eigenvalue weighted by atomic mass is 32.2. The smallest absolute Gasteiger partial charge is 0.416 e. The summed E-state index contributed by atoms with van der Waals surface area (Å²) in [6, 6.07) is 3.86. The molecule has 1 aromatic carbocycles. The number of alkyl halides is 3. The van der Waals surface area contributed by atoms with Gasteiger partial charge in [0.15, 0.2) is 4.34 Å². The number of carbonyl (C=O) groups excluding carboxylic acids is 2. The van der Waals surface area contributed by atoms with Gasteiger partial charge < -0.3 is 4.74 Å². The highest BCUT2D eigenvalue weighted by Gasteiger charge is 2.30. The van der Waals surface area contributed by atoms with Crippen LogP contribution in [0.2, 0.25) is 0 Å². The third-order valence-electron chi connectivity index (χ3n) is 3.44. The van der Waals surface area contributed by atoms with Gasteiger partial charge in [-0.2, -0.15) is 13.2 Å². The monoisotopic (exact) mass is 433 g/mol. The maximum Gasteiger partial charge on any atom is 0.416 e. The van der Waals surface area contributed by atoms with Gasteiger partial charge in [0.1, 0.15) is 5.25 Å². The lowest BCUT2D eigenvalue weighted by Crippen LogP contribution is -2.20. The van der Waals surface area contributed by atoms with Gasteiger partial charge in [0.2, 0.25) is 5.13 Å². The molecule has 0 saturated carbocycles. The fourth-order valence-corrected chi connectivity index (χ4v) is 4.23. The van der Waals surface area contributed by atoms with Gasteiger partial charge in [-0.05, 0) is 37.6 Å². The van der Waals surface area contributed by atoms with Crippen LogP contribution in [-0.2, 0) is 15.7 Å². The SMILES string of the molecule is CCC[C@@H](Sc1nnc(NC(=O)c2ccc(C(F)(F)F)cc2)s1)C(=O)OCC. The molecule has 1 atom stereocenters. The van der Waals surface area contributed by atoms with E-state index in [0.29, 0.717) is 10.8 Å². The summed E-state index contributed by atoms with van der Waals surface area (Å²) in [5.41, 5.74) is -0.771. The highest BCUT2D eigenvalue weighted by molar-refractivity contribution is 8.02. The zero-order chi connectivity index (χ0) is 20.7. The van der Waals surface area contributed by atoms with Crippen molar-refractivity contribution in [2.75, 3.05) is 11.9 Å². The summed E-state index contributed by atoms with van der Waals surface area (Å²) in [5, 5.41) is 10.0. The van der Waals surface area contributed by atoms with E-state index in [2.05, 4.69) is 15.5 Å². The van der Waals surface area contributed by atoms with Gasteiger partial charge in [-0.3, -0.25) is 14.9 Å². The number of hydrogen-bond donors (Lipinski definition) is 1. The van der Waals surface area contributed by atoms with E-state index in [1.807, 2.05) is 6.92 Å². The molecule has 0 fully saturated rings. The summed E-state index contributed by atoms with van der Waals surface area (Å²) >= 11 is 2.28. The van der Waals surface area contributed by atoms with E-state index in [1.54, 1.807) is 6.92 Å². The maximum absolute atomic E-state index is 12.6. The predicted molar refractivity (Wildman–Crippen MR) is 100 cm³/mol. The quantitative estimate of drug-likeness (QED) is 0.371. The van der Waals surface area contributed by atoms with Crippen molar-refractivity contribution < 1.29 is 27.5 Å². The number of ether oxygens (including phenoxy) is 1. The Hall–Kier alpha value is -2.14. The van der Waals surface area contributed by atoms with Crippen molar-refractivity contribution in [3.8, 4) is 0 Å². The number of hydrogen-bond acceptors (Lipinski definition) is 7. The number of nitrogens with zero attached hydrogens (tertiary/aromatic N) is 2. The Morgan fingerprint density at radius 3 is 2.46 bits per heavy atom. The Bertz CT molecular complexity index is 810. The van der Waals surface area contributed by atoms with Crippen molar-refractivity contribution in [3.63, 3.8) is 0 Å². The number of thioether (sulfide) groups is 1. The van der Waals surface area contributed by atoms with E-state index in [4.69, 9.17) is 4.74 Å². The van der Waals surface area contributed by atoms with Crippen LogP contribution in [0.3, 0.4) is 0 Å². The number of amides is 1. The van der Waals surface area contributed by atoms with Gasteiger partial charge in [0.25, 0.3) is 5.91 Å². The molecular weight excluding hydrogens is 415 g/mol. The van der Waals surface area contributed by atoms with Crippen LogP contribution in [-0.4, -0.2) is 33.9 Å². The van der Waals surface area contributed by atoms with Crippen LogP contribution in [0.25, 0.3) is 0 Å². The Labute approximate surface area is 167 Å². The van der Waals surface area contributed by atoms with Crippen molar-refractivity contribution >= 4 is 40.1 Å². The molecule has 0 aliphatic heterocycles. The largest absolute Gasteiger partial charge is 0.465 e. The predicted octanol–water partition coefficient (Wildman–Crippen LogP) is 4.63. The standard InChI is InChI=1S/C17H18F3N3O3S2/c1-3-5-12(14(25)26-4-2)27-16-23-22-15(28-16)21-13(24)10-6-8-11(9-7-10)17(18,19)20/h6-9,12H,3-5H2,1-2H3,(H,21,22,24)/t12-/m1/s1. The van der Waals surface area contributed by atoms with Gasteiger partial charge in [0.05, 0.1) is 12.2 Å². The zero-order valence-corrected chi connectivity index (χ0v) is 16.7. The first-order chi connectivity index (χ1) is 13.2. The minimum atomic E-state index is -4.46. The van der Waals surface area contributed by atoms with Crippen LogP contribution in [0.1, 0.15) is 42.6 Å². The topological polar surface area (TPSA) is 81.2 Å². The number of halogens is 3. The number of rotatable bonds is 8. The van der Waals surface area contributed by atoms with E-state index in [9.17, 15) is 22.8 Å². The van der Waals surface area contributed by atoms with E-state index >= 15 is 0 Å². The third kappa shape index (κ3) is 6.20. The van der Waals surface area contributed by atoms with Crippen LogP contribution in [0, 0.1) is 0 Å². The van der Waals surface area contributed by atoms with Crippen LogP contribution >= 0.6 is 23.1 Å². The molecule has 1 amide bonds. The second-order valence-electron chi connectivity index (χ2n) is 5.55. The molecule has 2 aromatic rings. The van der Waals surface area contributed by atoms with Gasteiger partial charge in [-0.1, -0.05) is 36.4 Å². The van der Waals surface area contributed by atoms with Gasteiger partial charge in [0, 0.05) is 5.56 Å². The molecule has 1 N–H and O–H groups in total. The number of esters is 1. The normalized spacial score (nSPS) is 12.5. The third-order valence-corrected chi connectivity index (χ3v) is 5.61. The molecule has 6 nitrogen and oxygen atoms in total. The molecule has 0 radical (unpaired) electrons. The molecule has 2 rings (SSSR count). The van der Waals surface area contributed by atoms with Crippen molar-refractivity contribution in [2.24, 2.45) is 0 Å². The van der Waals surface area contributed by atoms with Crippen LogP contribution in [0.15, 0.2) is 28.6 Å². The van der Waals surface area contributed by atoms with Crippen LogP contribution < -0.4 is 5.32 Å². The Kier molecular flexibility index (Phi) is 7.81. The fraction of sp³-hybridized carbons (Fsp3) is 0.412. The zero-order valence-electron chi connectivity index (χ0n) is 15.1. The molecule has 0 aliphatic rings. The summed E-state index contributed by atoms with van der Waals surface area (Å²) < 4.78 is 43.3. The Morgan fingerprint density at radius 2 is 1.89 bits per heavy atom. The molecule has 11 heteroatoms. The molecular formula is C17H18F3N3O3S2. The number of aromatic nitrogens is 2. The number of carbonyl (C=O) groups is 2. The second kappa shape index (κ2) is 9.87. The van der Waals surface area contributed by atoms with Gasteiger partial charge in [-0.15, -0.1) is 10.2 Å². The summed E-state index contributed by atoms with van der Waals surface area (Å²) in [4.78, 5) is 24.1. The van der Waals surface area contributed by atoms with Gasteiger partial charge in [-0.25, -0.2) is 0 Å². The lowest BCUT2D eigenvalue weighted by atomic mass is 10.1. The average molecular weight is 433 g/mol. The van der Waals surface area contributed by atoms with E-state index in [1.165, 1.54) is 11.8 Å². The van der Waals surface area contributed by atoms with Crippen molar-refractivity contribution in [1.29, 1.82) is 0 Å². The molecule has 1 aromatic heterocycles. The molecule has 0 aliphatic carbocycles. The molecule has 1 heterocycles. The maximum atomic E-state index is 12.6. The second-order valence-corrected chi connectivity index (χ2v) is 7.98. The Balaban J connectivity index is 2.01. The van der Waals surface area contributed by atoms with Crippen LogP contribution in [0.5, 0.6) is 0 Å². The Morgan fingerprint density at radius 1 is 1.21 bits per heavy atom. The molecule has 0 saturated heterocycles. The first-order valence-corrected chi connectivity index (χ1v) is 10.1. The summed E-state index contributed by atoms with van der Waals surface area (Å²) in [6.45, 7) is 3.96. The van der Waals surface area contributed by atoms with Crippen LogP contribution in [0.4, 0.5) is 18.3 Å². The first kappa shape index (κ1) is 22.2. The minimum absolute atomic E-state index is 0.0628. The molecule has 28 heavy (non-hydrogen) atoms. The van der Waals surface area contributed by atoms with Gasteiger partial charge >= 0.3 is 12.1 Å². The summed E-state index contributed by atoms with van der Waals surface area (Å²) in [6.07, 6.45) is -3.07. The van der Waals surface area contributed by atoms with Crippen molar-refractivity contribution in [2.45, 2.75) is 42.5 Å². The molecule has 0 bridgehead atoms. The van der Waals surface area contributed by atoms with Crippen molar-refractivity contribution in [3.05, 3.63) is 35.4 Å². The number of anilines is 1. The minimum Gasteiger partial charge on any atom is -0.465 e.